The van der Waals surface area contributed by atoms with E-state index in [4.69, 9.17) is 9.84 Å². The molecule has 8 heteroatoms. The van der Waals surface area contributed by atoms with E-state index in [9.17, 15) is 18.0 Å². The van der Waals surface area contributed by atoms with Crippen molar-refractivity contribution in [3.05, 3.63) is 48.2 Å². The van der Waals surface area contributed by atoms with E-state index in [1.54, 1.807) is 0 Å². The summed E-state index contributed by atoms with van der Waals surface area (Å²) in [5, 5.41) is 8.96. The van der Waals surface area contributed by atoms with Gasteiger partial charge in [0.1, 0.15) is 17.1 Å². The summed E-state index contributed by atoms with van der Waals surface area (Å²) in [5.74, 6) is -2.00. The number of hydrogen-bond acceptors (Lipinski definition) is 4. The van der Waals surface area contributed by atoms with E-state index in [0.717, 1.165) is 12.1 Å². The van der Waals surface area contributed by atoms with Crippen LogP contribution in [0.1, 0.15) is 10.4 Å². The van der Waals surface area contributed by atoms with Crippen molar-refractivity contribution in [1.82, 2.24) is 4.98 Å². The van der Waals surface area contributed by atoms with Gasteiger partial charge in [-0.25, -0.2) is 9.78 Å². The number of hydrogen-bond donors (Lipinski definition) is 1. The Bertz CT molecular complexity index is 658. The molecule has 0 radical (unpaired) electrons. The molecule has 0 aliphatic rings. The molecule has 1 aromatic heterocycles. The molecular weight excluding hydrogens is 291 g/mol. The molecule has 0 amide bonds. The Morgan fingerprint density at radius 1 is 1.14 bits per heavy atom. The lowest BCUT2D eigenvalue weighted by molar-refractivity contribution is -0.274. The molecule has 0 bridgehead atoms. The SMILES string of the molecule is O=C(O)c1cccnc1Oc1cccc(OC(F)(F)F)c1. The monoisotopic (exact) mass is 299 g/mol. The van der Waals surface area contributed by atoms with E-state index in [2.05, 4.69) is 9.72 Å². The third kappa shape index (κ3) is 4.10. The van der Waals surface area contributed by atoms with Crippen LogP contribution in [0.25, 0.3) is 0 Å². The van der Waals surface area contributed by atoms with Crippen molar-refractivity contribution in [2.75, 3.05) is 0 Å². The first-order valence-corrected chi connectivity index (χ1v) is 5.57. The summed E-state index contributed by atoms with van der Waals surface area (Å²) in [7, 11) is 0. The lowest BCUT2D eigenvalue weighted by atomic mass is 10.2. The smallest absolute Gasteiger partial charge is 0.477 e. The second kappa shape index (κ2) is 5.70. The predicted molar refractivity (Wildman–Crippen MR) is 64.4 cm³/mol. The van der Waals surface area contributed by atoms with E-state index in [1.165, 1.54) is 30.5 Å². The van der Waals surface area contributed by atoms with Crippen molar-refractivity contribution in [2.24, 2.45) is 0 Å². The van der Waals surface area contributed by atoms with E-state index in [0.29, 0.717) is 0 Å². The average molecular weight is 299 g/mol. The molecular formula is C13H8F3NO4. The number of halogens is 3. The van der Waals surface area contributed by atoms with Crippen LogP contribution >= 0.6 is 0 Å². The van der Waals surface area contributed by atoms with E-state index >= 15 is 0 Å². The second-order valence-corrected chi connectivity index (χ2v) is 3.79. The van der Waals surface area contributed by atoms with Crippen LogP contribution in [0.2, 0.25) is 0 Å². The Balaban J connectivity index is 2.25. The van der Waals surface area contributed by atoms with Crippen molar-refractivity contribution in [3.63, 3.8) is 0 Å². The first-order chi connectivity index (χ1) is 9.85. The van der Waals surface area contributed by atoms with Crippen LogP contribution in [-0.4, -0.2) is 22.4 Å². The molecule has 5 nitrogen and oxygen atoms in total. The maximum atomic E-state index is 12.1. The van der Waals surface area contributed by atoms with Gasteiger partial charge in [-0.1, -0.05) is 6.07 Å². The van der Waals surface area contributed by atoms with E-state index in [1.807, 2.05) is 0 Å². The molecule has 2 aromatic rings. The molecule has 0 fully saturated rings. The molecule has 0 spiro atoms. The van der Waals surface area contributed by atoms with Crippen LogP contribution in [-0.2, 0) is 0 Å². The minimum atomic E-state index is -4.82. The molecule has 0 saturated heterocycles. The van der Waals surface area contributed by atoms with E-state index in [-0.39, 0.29) is 17.2 Å². The third-order valence-corrected chi connectivity index (χ3v) is 2.26. The third-order valence-electron chi connectivity index (χ3n) is 2.26. The summed E-state index contributed by atoms with van der Waals surface area (Å²) in [6.45, 7) is 0. The standard InChI is InChI=1S/C13H8F3NO4/c14-13(15,16)21-9-4-1-3-8(7-9)20-11-10(12(18)19)5-2-6-17-11/h1-7H,(H,18,19). The van der Waals surface area contributed by atoms with Gasteiger partial charge in [0.2, 0.25) is 5.88 Å². The Kier molecular flexibility index (Phi) is 3.97. The number of aromatic nitrogens is 1. The van der Waals surface area contributed by atoms with Crippen LogP contribution in [0, 0.1) is 0 Å². The van der Waals surface area contributed by atoms with Gasteiger partial charge < -0.3 is 14.6 Å². The summed E-state index contributed by atoms with van der Waals surface area (Å²) in [5.41, 5.74) is -0.209. The zero-order valence-corrected chi connectivity index (χ0v) is 10.3. The van der Waals surface area contributed by atoms with Gasteiger partial charge in [-0.2, -0.15) is 0 Å². The minimum absolute atomic E-state index is 0.0297. The molecule has 1 N–H and O–H groups in total. The summed E-state index contributed by atoms with van der Waals surface area (Å²) < 4.78 is 45.3. The van der Waals surface area contributed by atoms with Gasteiger partial charge >= 0.3 is 12.3 Å². The first kappa shape index (κ1) is 14.6. The fraction of sp³-hybridized carbons (Fsp3) is 0.0769. The molecule has 1 aromatic carbocycles. The van der Waals surface area contributed by atoms with Gasteiger partial charge in [0.25, 0.3) is 0 Å². The fourth-order valence-corrected chi connectivity index (χ4v) is 1.48. The molecule has 0 aliphatic heterocycles. The van der Waals surface area contributed by atoms with Crippen molar-refractivity contribution in [1.29, 1.82) is 0 Å². The van der Waals surface area contributed by atoms with Gasteiger partial charge in [-0.05, 0) is 24.3 Å². The number of nitrogens with zero attached hydrogens (tertiary/aromatic N) is 1. The molecule has 0 saturated carbocycles. The number of carbonyl (C=O) groups is 1. The number of benzene rings is 1. The molecule has 0 aliphatic carbocycles. The van der Waals surface area contributed by atoms with Crippen LogP contribution < -0.4 is 9.47 Å². The van der Waals surface area contributed by atoms with Gasteiger partial charge in [0, 0.05) is 12.3 Å². The van der Waals surface area contributed by atoms with Gasteiger partial charge in [-0.15, -0.1) is 13.2 Å². The first-order valence-electron chi connectivity index (χ1n) is 5.57. The summed E-state index contributed by atoms with van der Waals surface area (Å²) in [6.07, 6.45) is -3.52. The number of aromatic carboxylic acids is 1. The highest BCUT2D eigenvalue weighted by atomic mass is 19.4. The maximum Gasteiger partial charge on any atom is 0.573 e. The zero-order chi connectivity index (χ0) is 15.5. The highest BCUT2D eigenvalue weighted by Gasteiger charge is 2.31. The zero-order valence-electron chi connectivity index (χ0n) is 10.3. The summed E-state index contributed by atoms with van der Waals surface area (Å²) in [4.78, 5) is 14.7. The molecule has 2 rings (SSSR count). The average Bonchev–Trinajstić information content (AvgIpc) is 2.37. The van der Waals surface area contributed by atoms with Crippen molar-refractivity contribution < 1.29 is 32.5 Å². The van der Waals surface area contributed by atoms with Gasteiger partial charge in [0.15, 0.2) is 0 Å². The highest BCUT2D eigenvalue weighted by molar-refractivity contribution is 5.90. The van der Waals surface area contributed by atoms with Crippen LogP contribution in [0.15, 0.2) is 42.6 Å². The number of alkyl halides is 3. The highest BCUT2D eigenvalue weighted by Crippen LogP contribution is 2.29. The Morgan fingerprint density at radius 3 is 2.52 bits per heavy atom. The van der Waals surface area contributed by atoms with Crippen molar-refractivity contribution >= 4 is 5.97 Å². The summed E-state index contributed by atoms with van der Waals surface area (Å²) >= 11 is 0. The Morgan fingerprint density at radius 2 is 1.86 bits per heavy atom. The molecule has 0 atom stereocenters. The molecule has 21 heavy (non-hydrogen) atoms. The van der Waals surface area contributed by atoms with Crippen molar-refractivity contribution in [2.45, 2.75) is 6.36 Å². The number of pyridine rings is 1. The number of rotatable bonds is 4. The second-order valence-electron chi connectivity index (χ2n) is 3.79. The van der Waals surface area contributed by atoms with Crippen LogP contribution in [0.5, 0.6) is 17.4 Å². The quantitative estimate of drug-likeness (QED) is 0.936. The Labute approximate surface area is 116 Å². The molecule has 110 valence electrons. The molecule has 0 unspecified atom stereocenters. The maximum absolute atomic E-state index is 12.1. The van der Waals surface area contributed by atoms with Crippen molar-refractivity contribution in [3.8, 4) is 17.4 Å². The van der Waals surface area contributed by atoms with E-state index < -0.39 is 18.1 Å². The normalized spacial score (nSPS) is 11.0. The van der Waals surface area contributed by atoms with Crippen LogP contribution in [0.3, 0.4) is 0 Å². The topological polar surface area (TPSA) is 68.7 Å². The minimum Gasteiger partial charge on any atom is -0.477 e. The number of carboxylic acids is 1. The lowest BCUT2D eigenvalue weighted by Crippen LogP contribution is -2.17. The Hall–Kier alpha value is -2.77. The van der Waals surface area contributed by atoms with Crippen LogP contribution in [0.4, 0.5) is 13.2 Å². The van der Waals surface area contributed by atoms with Gasteiger partial charge in [0.05, 0.1) is 0 Å². The number of carboxylic acid groups (broad SMARTS) is 1. The lowest BCUT2D eigenvalue weighted by Gasteiger charge is -2.11. The van der Waals surface area contributed by atoms with Gasteiger partial charge in [-0.3, -0.25) is 0 Å². The largest absolute Gasteiger partial charge is 0.573 e. The summed E-state index contributed by atoms with van der Waals surface area (Å²) in [6, 6.07) is 7.37. The molecule has 1 heterocycles. The fourth-order valence-electron chi connectivity index (χ4n) is 1.48. The number of ether oxygens (including phenoxy) is 2. The predicted octanol–water partition coefficient (Wildman–Crippen LogP) is 3.47.